The molecule has 5 aromatic rings. The van der Waals surface area contributed by atoms with Crippen LogP contribution >= 0.6 is 0 Å². The molecule has 0 saturated carbocycles. The van der Waals surface area contributed by atoms with Crippen LogP contribution in [0.15, 0.2) is 97.2 Å². The van der Waals surface area contributed by atoms with E-state index in [9.17, 15) is 0 Å². The predicted molar refractivity (Wildman–Crippen MR) is 134 cm³/mol. The molecule has 0 bridgehead atoms. The van der Waals surface area contributed by atoms with Crippen molar-refractivity contribution in [3.63, 3.8) is 0 Å². The minimum atomic E-state index is -0.672. The molecule has 0 aliphatic carbocycles. The number of benzene rings is 4. The SMILES string of the molecule is Cc1ccc(-c2cc(-c3ccc(C)cc3)cc(-c3c(F)c[c-]c(-c4ccccn4)c3F)c2)cc1.[Ir]. The summed E-state index contributed by atoms with van der Waals surface area (Å²) in [6.45, 7) is 4.06. The number of rotatable bonds is 4. The van der Waals surface area contributed by atoms with Crippen LogP contribution in [0.5, 0.6) is 0 Å². The van der Waals surface area contributed by atoms with Gasteiger partial charge < -0.3 is 4.98 Å². The van der Waals surface area contributed by atoms with Crippen molar-refractivity contribution < 1.29 is 28.9 Å². The normalized spacial score (nSPS) is 10.6. The number of pyridine rings is 1. The summed E-state index contributed by atoms with van der Waals surface area (Å²) in [5.74, 6) is -1.33. The first kappa shape index (κ1) is 24.7. The topological polar surface area (TPSA) is 12.9 Å². The minimum Gasteiger partial charge on any atom is -0.305 e. The molecule has 0 atom stereocenters. The van der Waals surface area contributed by atoms with Crippen LogP contribution in [0.25, 0.3) is 44.6 Å². The van der Waals surface area contributed by atoms with Gasteiger partial charge in [0.25, 0.3) is 0 Å². The van der Waals surface area contributed by atoms with Crippen LogP contribution in [-0.4, -0.2) is 4.98 Å². The zero-order chi connectivity index (χ0) is 23.7. The second-order valence-corrected chi connectivity index (χ2v) is 8.45. The van der Waals surface area contributed by atoms with Gasteiger partial charge in [-0.15, -0.1) is 12.1 Å². The van der Waals surface area contributed by atoms with E-state index in [-0.39, 0.29) is 31.2 Å². The van der Waals surface area contributed by atoms with E-state index in [1.807, 2.05) is 74.5 Å². The molecule has 0 unspecified atom stereocenters. The first-order valence-electron chi connectivity index (χ1n) is 11.1. The van der Waals surface area contributed by atoms with Crippen LogP contribution in [0.4, 0.5) is 8.78 Å². The maximum atomic E-state index is 15.8. The first-order valence-corrected chi connectivity index (χ1v) is 11.1. The summed E-state index contributed by atoms with van der Waals surface area (Å²) in [5.41, 5.74) is 6.98. The second-order valence-electron chi connectivity index (χ2n) is 8.45. The Hall–Kier alpha value is -3.46. The maximum Gasteiger partial charge on any atom is 0.0485 e. The molecule has 0 saturated heterocycles. The summed E-state index contributed by atoms with van der Waals surface area (Å²) in [4.78, 5) is 4.23. The van der Waals surface area contributed by atoms with E-state index in [2.05, 4.69) is 17.1 Å². The summed E-state index contributed by atoms with van der Waals surface area (Å²) in [6.07, 6.45) is 1.58. The largest absolute Gasteiger partial charge is 0.305 e. The standard InChI is InChI=1S/C31H22F2N.Ir/c1-20-6-10-22(11-7-20)24-17-25(23-12-8-21(2)9-13-23)19-26(18-24)30-28(32)15-14-27(31(30)33)29-5-3-4-16-34-29;/h3-13,15-19H,1-2H3;/q-1;. The molecule has 35 heavy (non-hydrogen) atoms. The Morgan fingerprint density at radius 1 is 0.657 bits per heavy atom. The van der Waals surface area contributed by atoms with Crippen molar-refractivity contribution in [1.29, 1.82) is 0 Å². The molecule has 175 valence electrons. The summed E-state index contributed by atoms with van der Waals surface area (Å²) in [6, 6.07) is 31.1. The number of hydrogen-bond donors (Lipinski definition) is 0. The van der Waals surface area contributed by atoms with Crippen LogP contribution in [0.1, 0.15) is 11.1 Å². The van der Waals surface area contributed by atoms with Gasteiger partial charge in [-0.3, -0.25) is 8.78 Å². The average Bonchev–Trinajstić information content (AvgIpc) is 2.85. The number of halogens is 2. The van der Waals surface area contributed by atoms with Crippen LogP contribution in [0, 0.1) is 31.5 Å². The van der Waals surface area contributed by atoms with E-state index < -0.39 is 11.6 Å². The van der Waals surface area contributed by atoms with Gasteiger partial charge in [0.05, 0.1) is 0 Å². The van der Waals surface area contributed by atoms with E-state index in [4.69, 9.17) is 0 Å². The zero-order valence-corrected chi connectivity index (χ0v) is 21.7. The van der Waals surface area contributed by atoms with Gasteiger partial charge in [0.15, 0.2) is 0 Å². The van der Waals surface area contributed by atoms with Gasteiger partial charge in [-0.2, -0.15) is 0 Å². The Morgan fingerprint density at radius 2 is 1.20 bits per heavy atom. The third-order valence-corrected chi connectivity index (χ3v) is 5.93. The summed E-state index contributed by atoms with van der Waals surface area (Å²) in [5, 5.41) is 0. The number of aryl methyl sites for hydroxylation is 2. The fourth-order valence-electron chi connectivity index (χ4n) is 4.06. The van der Waals surface area contributed by atoms with E-state index >= 15 is 8.78 Å². The summed E-state index contributed by atoms with van der Waals surface area (Å²) < 4.78 is 30.9. The van der Waals surface area contributed by atoms with E-state index in [0.717, 1.165) is 33.4 Å². The van der Waals surface area contributed by atoms with Crippen molar-refractivity contribution in [3.05, 3.63) is 126 Å². The fourth-order valence-corrected chi connectivity index (χ4v) is 4.06. The van der Waals surface area contributed by atoms with Crippen molar-refractivity contribution >= 4 is 0 Å². The third kappa shape index (κ3) is 5.14. The Labute approximate surface area is 217 Å². The molecule has 4 aromatic carbocycles. The van der Waals surface area contributed by atoms with Gasteiger partial charge in [0.1, 0.15) is 0 Å². The molecule has 1 nitrogen and oxygen atoms in total. The molecule has 5 rings (SSSR count). The van der Waals surface area contributed by atoms with Crippen LogP contribution < -0.4 is 0 Å². The van der Waals surface area contributed by atoms with Crippen molar-refractivity contribution in [2.24, 2.45) is 0 Å². The average molecular weight is 639 g/mol. The first-order chi connectivity index (χ1) is 16.5. The third-order valence-electron chi connectivity index (χ3n) is 5.93. The molecular weight excluding hydrogens is 617 g/mol. The zero-order valence-electron chi connectivity index (χ0n) is 19.3. The monoisotopic (exact) mass is 639 g/mol. The molecule has 1 aromatic heterocycles. The quantitative estimate of drug-likeness (QED) is 0.180. The molecule has 1 heterocycles. The molecule has 0 aliphatic heterocycles. The molecule has 4 heteroatoms. The molecule has 0 spiro atoms. The Balaban J connectivity index is 0.00000289. The second kappa shape index (κ2) is 10.4. The van der Waals surface area contributed by atoms with Crippen molar-refractivity contribution in [3.8, 4) is 44.6 Å². The van der Waals surface area contributed by atoms with Gasteiger partial charge >= 0.3 is 0 Å². The van der Waals surface area contributed by atoms with Gasteiger partial charge in [-0.1, -0.05) is 77.4 Å². The van der Waals surface area contributed by atoms with Crippen molar-refractivity contribution in [2.45, 2.75) is 13.8 Å². The van der Waals surface area contributed by atoms with E-state index in [0.29, 0.717) is 11.3 Å². The summed E-state index contributed by atoms with van der Waals surface area (Å²) in [7, 11) is 0. The Morgan fingerprint density at radius 3 is 1.71 bits per heavy atom. The van der Waals surface area contributed by atoms with Gasteiger partial charge in [0.2, 0.25) is 0 Å². The van der Waals surface area contributed by atoms with E-state index in [1.165, 1.54) is 6.07 Å². The summed E-state index contributed by atoms with van der Waals surface area (Å²) >= 11 is 0. The molecule has 0 fully saturated rings. The Bertz CT molecular complexity index is 1400. The molecule has 1 radical (unpaired) electrons. The van der Waals surface area contributed by atoms with Gasteiger partial charge in [-0.05, 0) is 77.2 Å². The smallest absolute Gasteiger partial charge is 0.0485 e. The number of nitrogens with zero attached hydrogens (tertiary/aromatic N) is 1. The van der Waals surface area contributed by atoms with Crippen LogP contribution in [0.3, 0.4) is 0 Å². The van der Waals surface area contributed by atoms with Crippen LogP contribution in [0.2, 0.25) is 0 Å². The molecule has 0 aliphatic rings. The Kier molecular flexibility index (Phi) is 7.35. The number of aromatic nitrogens is 1. The van der Waals surface area contributed by atoms with Crippen molar-refractivity contribution in [2.75, 3.05) is 0 Å². The maximum absolute atomic E-state index is 15.8. The molecular formula is C31H22F2IrN-. The van der Waals surface area contributed by atoms with Gasteiger partial charge in [0, 0.05) is 37.9 Å². The van der Waals surface area contributed by atoms with E-state index in [1.54, 1.807) is 24.4 Å². The fraction of sp³-hybridized carbons (Fsp3) is 0.0645. The molecule has 0 amide bonds. The molecule has 0 N–H and O–H groups in total. The number of hydrogen-bond acceptors (Lipinski definition) is 1. The van der Waals surface area contributed by atoms with Crippen LogP contribution in [-0.2, 0) is 20.1 Å². The predicted octanol–water partition coefficient (Wildman–Crippen LogP) is 8.44. The van der Waals surface area contributed by atoms with Crippen molar-refractivity contribution in [1.82, 2.24) is 4.98 Å². The minimum absolute atomic E-state index is 0. The van der Waals surface area contributed by atoms with Gasteiger partial charge in [-0.25, -0.2) is 0 Å².